The van der Waals surface area contributed by atoms with Crippen LogP contribution in [-0.4, -0.2) is 79.9 Å². The molecule has 0 atom stereocenters. The second-order valence-corrected chi connectivity index (χ2v) is 5.76. The van der Waals surface area contributed by atoms with Crippen LogP contribution in [0.2, 0.25) is 5.02 Å². The number of carboxylic acids is 4. The van der Waals surface area contributed by atoms with Gasteiger partial charge in [-0.25, -0.2) is 19.2 Å². The average Bonchev–Trinajstić information content (AvgIpc) is 2.73. The number of hydrogen-bond acceptors (Lipinski definition) is 7. The standard InChI is InChI=1S/C15H17ClN2O.2C2H2O4.2H2O/c16-14-3-1-2-4-15(14)19-12-11-18-10-7-13-5-8-17-9-6-13;2*3-1(4)2(5)6;;/h1-6,8-9,18H,7,10-12H2;2*(H,3,4)(H,5,6);2*1H2. The Bertz CT molecular complexity index is 803. The van der Waals surface area contributed by atoms with E-state index in [1.165, 1.54) is 5.56 Å². The predicted molar refractivity (Wildman–Crippen MR) is 116 cm³/mol. The van der Waals surface area contributed by atoms with Crippen molar-refractivity contribution >= 4 is 35.5 Å². The summed E-state index contributed by atoms with van der Waals surface area (Å²) in [5.41, 5.74) is 1.29. The zero-order valence-corrected chi connectivity index (χ0v) is 17.9. The number of halogens is 1. The van der Waals surface area contributed by atoms with Crippen LogP contribution in [0.5, 0.6) is 5.75 Å². The van der Waals surface area contributed by atoms with E-state index in [9.17, 15) is 0 Å². The monoisotopic (exact) mass is 492 g/mol. The summed E-state index contributed by atoms with van der Waals surface area (Å²) in [4.78, 5) is 40.4. The molecule has 0 aliphatic heterocycles. The van der Waals surface area contributed by atoms with Gasteiger partial charge in [0.15, 0.2) is 0 Å². The summed E-state index contributed by atoms with van der Waals surface area (Å²) in [6, 6.07) is 11.6. The lowest BCUT2D eigenvalue weighted by Crippen LogP contribution is -2.23. The SMILES string of the molecule is Clc1ccccc1OCCNCCc1ccncc1.O.O.O=C(O)C(=O)O.O=C(O)C(=O)O. The molecule has 33 heavy (non-hydrogen) atoms. The van der Waals surface area contributed by atoms with Gasteiger partial charge in [-0.15, -0.1) is 0 Å². The number of pyridine rings is 1. The van der Waals surface area contributed by atoms with Crippen LogP contribution in [0.4, 0.5) is 0 Å². The highest BCUT2D eigenvalue weighted by atomic mass is 35.5. The van der Waals surface area contributed by atoms with Crippen molar-refractivity contribution in [2.75, 3.05) is 19.7 Å². The van der Waals surface area contributed by atoms with Gasteiger partial charge in [-0.1, -0.05) is 23.7 Å². The minimum Gasteiger partial charge on any atom is -0.491 e. The highest BCUT2D eigenvalue weighted by molar-refractivity contribution is 6.32. The molecule has 14 heteroatoms. The molecule has 9 N–H and O–H groups in total. The summed E-state index contributed by atoms with van der Waals surface area (Å²) in [5.74, 6) is -6.56. The Morgan fingerprint density at radius 2 is 1.30 bits per heavy atom. The Balaban J connectivity index is -0.000000540. The van der Waals surface area contributed by atoms with Crippen molar-refractivity contribution in [3.8, 4) is 5.75 Å². The Morgan fingerprint density at radius 3 is 1.76 bits per heavy atom. The van der Waals surface area contributed by atoms with Gasteiger partial charge in [-0.3, -0.25) is 4.98 Å². The number of aliphatic carboxylic acids is 4. The highest BCUT2D eigenvalue weighted by Crippen LogP contribution is 2.22. The van der Waals surface area contributed by atoms with Gasteiger partial charge in [0.2, 0.25) is 0 Å². The summed E-state index contributed by atoms with van der Waals surface area (Å²) in [6.45, 7) is 2.34. The Labute approximate surface area is 192 Å². The maximum absolute atomic E-state index is 9.10. The molecule has 0 saturated heterocycles. The molecule has 13 nitrogen and oxygen atoms in total. The molecule has 0 spiro atoms. The molecule has 2 aromatic rings. The van der Waals surface area contributed by atoms with E-state index in [0.717, 1.165) is 25.3 Å². The first-order valence-electron chi connectivity index (χ1n) is 8.54. The normalized spacial score (nSPS) is 8.64. The van der Waals surface area contributed by atoms with Crippen molar-refractivity contribution in [1.82, 2.24) is 10.3 Å². The molecule has 1 aromatic carbocycles. The summed E-state index contributed by atoms with van der Waals surface area (Å²) in [7, 11) is 0. The third kappa shape index (κ3) is 18.7. The molecule has 1 aromatic heterocycles. The molecule has 0 amide bonds. The number of para-hydroxylation sites is 1. The number of carboxylic acid groups (broad SMARTS) is 4. The first-order chi connectivity index (χ1) is 14.6. The molecule has 1 heterocycles. The molecule has 0 radical (unpaired) electrons. The van der Waals surface area contributed by atoms with Crippen LogP contribution in [0, 0.1) is 0 Å². The number of nitrogens with one attached hydrogen (secondary N) is 1. The summed E-state index contributed by atoms with van der Waals surface area (Å²) in [6.07, 6.45) is 4.63. The molecule has 0 aliphatic rings. The number of rotatable bonds is 7. The molecular weight excluding hydrogens is 468 g/mol. The minimum atomic E-state index is -1.82. The molecular formula is C19H25ClN2O11. The summed E-state index contributed by atoms with van der Waals surface area (Å²) >= 11 is 5.99. The topological polar surface area (TPSA) is 246 Å². The minimum absolute atomic E-state index is 0. The smallest absolute Gasteiger partial charge is 0.414 e. The number of ether oxygens (including phenoxy) is 1. The molecule has 2 rings (SSSR count). The number of benzene rings is 1. The lowest BCUT2D eigenvalue weighted by Gasteiger charge is -2.08. The quantitative estimate of drug-likeness (QED) is 0.246. The van der Waals surface area contributed by atoms with Crippen LogP contribution in [0.1, 0.15) is 5.56 Å². The highest BCUT2D eigenvalue weighted by Gasteiger charge is 2.04. The van der Waals surface area contributed by atoms with Crippen LogP contribution in [0.25, 0.3) is 0 Å². The van der Waals surface area contributed by atoms with Crippen LogP contribution in [0.15, 0.2) is 48.8 Å². The average molecular weight is 493 g/mol. The van der Waals surface area contributed by atoms with E-state index in [0.29, 0.717) is 11.6 Å². The Hall–Kier alpha value is -3.78. The third-order valence-corrected chi connectivity index (χ3v) is 3.39. The van der Waals surface area contributed by atoms with Crippen LogP contribution >= 0.6 is 11.6 Å². The van der Waals surface area contributed by atoms with Crippen molar-refractivity contribution in [3.05, 3.63) is 59.4 Å². The number of carbonyl (C=O) groups is 4. The molecule has 0 unspecified atom stereocenters. The van der Waals surface area contributed by atoms with Crippen molar-refractivity contribution in [3.63, 3.8) is 0 Å². The van der Waals surface area contributed by atoms with Gasteiger partial charge in [0.05, 0.1) is 5.02 Å². The molecule has 0 aliphatic carbocycles. The van der Waals surface area contributed by atoms with E-state index < -0.39 is 23.9 Å². The molecule has 0 bridgehead atoms. The largest absolute Gasteiger partial charge is 0.491 e. The van der Waals surface area contributed by atoms with Gasteiger partial charge in [0.25, 0.3) is 0 Å². The number of aromatic nitrogens is 1. The molecule has 184 valence electrons. The number of hydrogen-bond donors (Lipinski definition) is 5. The zero-order valence-electron chi connectivity index (χ0n) is 17.1. The van der Waals surface area contributed by atoms with E-state index in [4.69, 9.17) is 55.9 Å². The van der Waals surface area contributed by atoms with Crippen molar-refractivity contribution < 1.29 is 55.3 Å². The summed E-state index contributed by atoms with van der Waals surface area (Å²) in [5, 5.41) is 33.6. The van der Waals surface area contributed by atoms with Gasteiger partial charge >= 0.3 is 23.9 Å². The Kier molecular flexibility index (Phi) is 20.7. The fourth-order valence-electron chi connectivity index (χ4n) is 1.70. The lowest BCUT2D eigenvalue weighted by molar-refractivity contribution is -0.159. The van der Waals surface area contributed by atoms with Crippen molar-refractivity contribution in [2.45, 2.75) is 6.42 Å². The second-order valence-electron chi connectivity index (χ2n) is 5.35. The van der Waals surface area contributed by atoms with Gasteiger partial charge in [0.1, 0.15) is 12.4 Å². The van der Waals surface area contributed by atoms with E-state index in [1.807, 2.05) is 48.8 Å². The van der Waals surface area contributed by atoms with E-state index in [2.05, 4.69) is 10.3 Å². The van der Waals surface area contributed by atoms with Crippen molar-refractivity contribution in [1.29, 1.82) is 0 Å². The van der Waals surface area contributed by atoms with Gasteiger partial charge in [-0.2, -0.15) is 0 Å². The first-order valence-corrected chi connectivity index (χ1v) is 8.92. The number of nitrogens with zero attached hydrogens (tertiary/aromatic N) is 1. The third-order valence-electron chi connectivity index (χ3n) is 3.08. The fourth-order valence-corrected chi connectivity index (χ4v) is 1.89. The molecule has 0 fully saturated rings. The fraction of sp³-hybridized carbons (Fsp3) is 0.211. The Morgan fingerprint density at radius 1 is 0.818 bits per heavy atom. The van der Waals surface area contributed by atoms with E-state index in [-0.39, 0.29) is 11.0 Å². The second kappa shape index (κ2) is 20.1. The van der Waals surface area contributed by atoms with E-state index in [1.54, 1.807) is 0 Å². The predicted octanol–water partition coefficient (Wildman–Crippen LogP) is -0.392. The van der Waals surface area contributed by atoms with Crippen molar-refractivity contribution in [2.24, 2.45) is 0 Å². The van der Waals surface area contributed by atoms with Gasteiger partial charge < -0.3 is 41.4 Å². The maximum atomic E-state index is 9.10. The van der Waals surface area contributed by atoms with Crippen LogP contribution in [0.3, 0.4) is 0 Å². The zero-order chi connectivity index (χ0) is 23.6. The first kappa shape index (κ1) is 33.8. The maximum Gasteiger partial charge on any atom is 0.414 e. The van der Waals surface area contributed by atoms with Crippen LogP contribution < -0.4 is 10.1 Å². The van der Waals surface area contributed by atoms with Crippen LogP contribution in [-0.2, 0) is 25.6 Å². The summed E-state index contributed by atoms with van der Waals surface area (Å²) < 4.78 is 5.58. The van der Waals surface area contributed by atoms with E-state index >= 15 is 0 Å². The molecule has 0 saturated carbocycles. The van der Waals surface area contributed by atoms with Gasteiger partial charge in [0, 0.05) is 18.9 Å². The van der Waals surface area contributed by atoms with Gasteiger partial charge in [-0.05, 0) is 42.8 Å². The lowest BCUT2D eigenvalue weighted by atomic mass is 10.2.